The number of benzene rings is 2. The molecule has 138 valence electrons. The largest absolute Gasteiger partial charge is 0.371 e. The zero-order valence-corrected chi connectivity index (χ0v) is 14.8. The molecular weight excluding hydrogens is 360 g/mol. The van der Waals surface area contributed by atoms with Gasteiger partial charge in [-0.1, -0.05) is 30.3 Å². The molecular formula is C19H19F2NO3S. The van der Waals surface area contributed by atoms with E-state index < -0.39 is 15.6 Å². The van der Waals surface area contributed by atoms with E-state index in [0.29, 0.717) is 31.5 Å². The van der Waals surface area contributed by atoms with Gasteiger partial charge in [0.05, 0.1) is 4.90 Å². The van der Waals surface area contributed by atoms with Crippen molar-refractivity contribution in [2.24, 2.45) is 5.92 Å². The maximum Gasteiger partial charge on any atom is 0.341 e. The fourth-order valence-electron chi connectivity index (χ4n) is 3.19. The maximum absolute atomic E-state index is 12.6. The van der Waals surface area contributed by atoms with E-state index in [1.54, 1.807) is 0 Å². The lowest BCUT2D eigenvalue weighted by Crippen LogP contribution is -2.36. The molecule has 4 nitrogen and oxygen atoms in total. The summed E-state index contributed by atoms with van der Waals surface area (Å²) in [5.41, 5.74) is 1.48. The van der Waals surface area contributed by atoms with Crippen molar-refractivity contribution < 1.29 is 22.0 Å². The van der Waals surface area contributed by atoms with Crippen LogP contribution in [0.3, 0.4) is 0 Å². The van der Waals surface area contributed by atoms with Crippen molar-refractivity contribution in [3.63, 3.8) is 0 Å². The van der Waals surface area contributed by atoms with E-state index in [2.05, 4.69) is 0 Å². The Hall–Kier alpha value is -2.28. The molecule has 2 aromatic rings. The van der Waals surface area contributed by atoms with Crippen LogP contribution in [0, 0.1) is 5.92 Å². The highest BCUT2D eigenvalue weighted by atomic mass is 32.2. The average Bonchev–Trinajstić information content (AvgIpc) is 2.68. The molecule has 26 heavy (non-hydrogen) atoms. The molecule has 1 saturated heterocycles. The summed E-state index contributed by atoms with van der Waals surface area (Å²) in [6.45, 7) is 1.31. The van der Waals surface area contributed by atoms with Gasteiger partial charge in [0.2, 0.25) is 9.84 Å². The van der Waals surface area contributed by atoms with Crippen LogP contribution in [0.5, 0.6) is 0 Å². The summed E-state index contributed by atoms with van der Waals surface area (Å²) in [6.07, 6.45) is 1.40. The zero-order valence-electron chi connectivity index (χ0n) is 14.0. The van der Waals surface area contributed by atoms with E-state index in [1.165, 1.54) is 24.3 Å². The number of halogens is 2. The second-order valence-electron chi connectivity index (χ2n) is 6.29. The van der Waals surface area contributed by atoms with Crippen molar-refractivity contribution in [2.45, 2.75) is 23.5 Å². The molecule has 1 aliphatic heterocycles. The summed E-state index contributed by atoms with van der Waals surface area (Å²) in [5, 5.41) is 0. The van der Waals surface area contributed by atoms with Gasteiger partial charge >= 0.3 is 5.76 Å². The highest BCUT2D eigenvalue weighted by molar-refractivity contribution is 7.91. The number of piperidine rings is 1. The zero-order chi connectivity index (χ0) is 18.7. The van der Waals surface area contributed by atoms with Crippen molar-refractivity contribution in [3.8, 4) is 0 Å². The van der Waals surface area contributed by atoms with Crippen LogP contribution in [-0.4, -0.2) is 33.0 Å². The first kappa shape index (κ1) is 18.5. The SMILES string of the molecule is O=C(c1ccccc1)C1CCN(c2ccc(S(=O)(=O)C(F)F)cc2)CC1. The monoisotopic (exact) mass is 379 g/mol. The van der Waals surface area contributed by atoms with Gasteiger partial charge < -0.3 is 4.90 Å². The molecule has 3 rings (SSSR count). The first-order valence-electron chi connectivity index (χ1n) is 8.36. The normalized spacial score (nSPS) is 16.0. The van der Waals surface area contributed by atoms with Crippen molar-refractivity contribution in [3.05, 3.63) is 60.2 Å². The molecule has 2 aromatic carbocycles. The average molecular weight is 379 g/mol. The second kappa shape index (κ2) is 7.53. The molecule has 1 heterocycles. The number of Topliss-reactive ketones (excluding diaryl/α,β-unsaturated/α-hetero) is 1. The number of nitrogens with zero attached hydrogens (tertiary/aromatic N) is 1. The van der Waals surface area contributed by atoms with Crippen molar-refractivity contribution in [1.82, 2.24) is 0 Å². The molecule has 1 aliphatic rings. The standard InChI is InChI=1S/C19H19F2NO3S/c20-19(21)26(24,25)17-8-6-16(7-9-17)22-12-10-15(11-13-22)18(23)14-4-2-1-3-5-14/h1-9,15,19H,10-13H2. The summed E-state index contributed by atoms with van der Waals surface area (Å²) >= 11 is 0. The first-order chi connectivity index (χ1) is 12.4. The number of ketones is 1. The number of sulfone groups is 1. The minimum atomic E-state index is -4.57. The topological polar surface area (TPSA) is 54.5 Å². The number of alkyl halides is 2. The van der Waals surface area contributed by atoms with Gasteiger partial charge in [-0.15, -0.1) is 0 Å². The minimum Gasteiger partial charge on any atom is -0.371 e. The Bertz CT molecular complexity index is 859. The smallest absolute Gasteiger partial charge is 0.341 e. The number of carbonyl (C=O) groups excluding carboxylic acids is 1. The summed E-state index contributed by atoms with van der Waals surface area (Å²) in [7, 11) is -4.57. The predicted molar refractivity (Wildman–Crippen MR) is 95.3 cm³/mol. The van der Waals surface area contributed by atoms with E-state index in [-0.39, 0.29) is 16.6 Å². The van der Waals surface area contributed by atoms with E-state index in [1.807, 2.05) is 35.2 Å². The Morgan fingerprint density at radius 2 is 1.54 bits per heavy atom. The molecule has 0 aromatic heterocycles. The van der Waals surface area contributed by atoms with Crippen LogP contribution in [-0.2, 0) is 9.84 Å². The number of rotatable bonds is 5. The number of anilines is 1. The summed E-state index contributed by atoms with van der Waals surface area (Å²) < 4.78 is 48.1. The van der Waals surface area contributed by atoms with Gasteiger partial charge in [0.25, 0.3) is 0 Å². The Labute approximate surface area is 151 Å². The van der Waals surface area contributed by atoms with Crippen LogP contribution in [0.2, 0.25) is 0 Å². The highest BCUT2D eigenvalue weighted by Crippen LogP contribution is 2.27. The molecule has 0 N–H and O–H groups in total. The predicted octanol–water partition coefficient (Wildman–Crippen LogP) is 3.78. The van der Waals surface area contributed by atoms with Gasteiger partial charge in [0.15, 0.2) is 5.78 Å². The van der Waals surface area contributed by atoms with E-state index in [9.17, 15) is 22.0 Å². The lowest BCUT2D eigenvalue weighted by molar-refractivity contribution is 0.0900. The summed E-state index contributed by atoms with van der Waals surface area (Å²) in [5.74, 6) is -3.32. The number of carbonyl (C=O) groups is 1. The molecule has 0 spiro atoms. The van der Waals surface area contributed by atoms with Crippen LogP contribution < -0.4 is 4.90 Å². The first-order valence-corrected chi connectivity index (χ1v) is 9.90. The summed E-state index contributed by atoms with van der Waals surface area (Å²) in [6, 6.07) is 14.7. The molecule has 0 amide bonds. The Morgan fingerprint density at radius 3 is 2.08 bits per heavy atom. The molecule has 0 saturated carbocycles. The van der Waals surface area contributed by atoms with Crippen molar-refractivity contribution in [1.29, 1.82) is 0 Å². The van der Waals surface area contributed by atoms with Crippen molar-refractivity contribution >= 4 is 21.3 Å². The third-order valence-corrected chi connectivity index (χ3v) is 6.09. The van der Waals surface area contributed by atoms with Crippen molar-refractivity contribution in [2.75, 3.05) is 18.0 Å². The Morgan fingerprint density at radius 1 is 0.962 bits per heavy atom. The van der Waals surface area contributed by atoms with Gasteiger partial charge in [-0.05, 0) is 37.1 Å². The van der Waals surface area contributed by atoms with Gasteiger partial charge in [-0.3, -0.25) is 4.79 Å². The second-order valence-corrected chi connectivity index (χ2v) is 8.21. The molecule has 0 radical (unpaired) electrons. The molecule has 1 fully saturated rings. The van der Waals surface area contributed by atoms with Crippen LogP contribution in [0.15, 0.2) is 59.5 Å². The lowest BCUT2D eigenvalue weighted by Gasteiger charge is -2.33. The maximum atomic E-state index is 12.6. The fourth-order valence-corrected chi connectivity index (χ4v) is 3.91. The minimum absolute atomic E-state index is 0.0351. The van der Waals surface area contributed by atoms with Gasteiger partial charge in [-0.2, -0.15) is 8.78 Å². The third kappa shape index (κ3) is 3.77. The Balaban J connectivity index is 1.64. The lowest BCUT2D eigenvalue weighted by atomic mass is 9.89. The number of hydrogen-bond acceptors (Lipinski definition) is 4. The van der Waals surface area contributed by atoms with Crippen LogP contribution >= 0.6 is 0 Å². The molecule has 0 unspecified atom stereocenters. The molecule has 0 bridgehead atoms. The van der Waals surface area contributed by atoms with Crippen LogP contribution in [0.25, 0.3) is 0 Å². The van der Waals surface area contributed by atoms with Crippen LogP contribution in [0.1, 0.15) is 23.2 Å². The molecule has 0 aliphatic carbocycles. The fraction of sp³-hybridized carbons (Fsp3) is 0.316. The Kier molecular flexibility index (Phi) is 5.36. The van der Waals surface area contributed by atoms with Gasteiger partial charge in [-0.25, -0.2) is 8.42 Å². The molecule has 7 heteroatoms. The van der Waals surface area contributed by atoms with E-state index in [0.717, 1.165) is 5.69 Å². The number of hydrogen-bond donors (Lipinski definition) is 0. The van der Waals surface area contributed by atoms with Gasteiger partial charge in [0.1, 0.15) is 0 Å². The van der Waals surface area contributed by atoms with Gasteiger partial charge in [0, 0.05) is 30.3 Å². The van der Waals surface area contributed by atoms with E-state index >= 15 is 0 Å². The van der Waals surface area contributed by atoms with Crippen LogP contribution in [0.4, 0.5) is 14.5 Å². The van der Waals surface area contributed by atoms with E-state index in [4.69, 9.17) is 0 Å². The summed E-state index contributed by atoms with van der Waals surface area (Å²) in [4.78, 5) is 14.2. The third-order valence-electron chi connectivity index (χ3n) is 4.69. The molecule has 0 atom stereocenters. The quantitative estimate of drug-likeness (QED) is 0.742. The highest BCUT2D eigenvalue weighted by Gasteiger charge is 2.28.